The molecule has 0 fully saturated rings. The predicted molar refractivity (Wildman–Crippen MR) is 53.0 cm³/mol. The molecule has 1 heterocycles. The molecular formula is C8H10N2O4S. The van der Waals surface area contributed by atoms with Gasteiger partial charge in [-0.05, 0) is 6.92 Å². The summed E-state index contributed by atoms with van der Waals surface area (Å²) in [5.41, 5.74) is 5.49. The summed E-state index contributed by atoms with van der Waals surface area (Å²) in [7, 11) is 0. The van der Waals surface area contributed by atoms with Crippen LogP contribution in [0, 0.1) is 6.92 Å². The molecule has 0 radical (unpaired) electrons. The van der Waals surface area contributed by atoms with Gasteiger partial charge in [0.25, 0.3) is 0 Å². The molecule has 0 bridgehead atoms. The molecule has 0 aliphatic carbocycles. The quantitative estimate of drug-likeness (QED) is 0.698. The van der Waals surface area contributed by atoms with E-state index >= 15 is 0 Å². The van der Waals surface area contributed by atoms with Crippen molar-refractivity contribution >= 4 is 23.3 Å². The third-order valence-corrected chi connectivity index (χ3v) is 2.83. The molecule has 6 nitrogen and oxygen atoms in total. The van der Waals surface area contributed by atoms with Gasteiger partial charge in [0.1, 0.15) is 5.01 Å². The first-order valence-electron chi connectivity index (χ1n) is 4.09. The normalized spacial score (nSPS) is 12.4. The maximum absolute atomic E-state index is 10.7. The van der Waals surface area contributed by atoms with E-state index in [0.717, 1.165) is 11.3 Å². The molecule has 7 heteroatoms. The Bertz CT molecular complexity index is 401. The Morgan fingerprint density at radius 3 is 2.53 bits per heavy atom. The third-order valence-electron chi connectivity index (χ3n) is 1.73. The van der Waals surface area contributed by atoms with Crippen molar-refractivity contribution in [2.45, 2.75) is 19.4 Å². The molecule has 1 unspecified atom stereocenters. The Labute approximate surface area is 89.4 Å². The number of aromatic carboxylic acids is 1. The Morgan fingerprint density at radius 1 is 1.53 bits per heavy atom. The first-order chi connectivity index (χ1) is 6.91. The number of rotatable bonds is 4. The Morgan fingerprint density at radius 2 is 2.13 bits per heavy atom. The summed E-state index contributed by atoms with van der Waals surface area (Å²) in [6.45, 7) is 1.61. The fourth-order valence-electron chi connectivity index (χ4n) is 1.05. The smallest absolute Gasteiger partial charge is 0.355 e. The van der Waals surface area contributed by atoms with Crippen LogP contribution < -0.4 is 5.73 Å². The lowest BCUT2D eigenvalue weighted by Crippen LogP contribution is -2.15. The zero-order valence-electron chi connectivity index (χ0n) is 7.93. The van der Waals surface area contributed by atoms with E-state index < -0.39 is 18.0 Å². The van der Waals surface area contributed by atoms with Crippen LogP contribution in [0.25, 0.3) is 0 Å². The van der Waals surface area contributed by atoms with E-state index in [2.05, 4.69) is 4.98 Å². The van der Waals surface area contributed by atoms with Crippen molar-refractivity contribution in [1.29, 1.82) is 0 Å². The van der Waals surface area contributed by atoms with Crippen molar-refractivity contribution < 1.29 is 19.8 Å². The fourth-order valence-corrected chi connectivity index (χ4v) is 1.96. The topological polar surface area (TPSA) is 114 Å². The van der Waals surface area contributed by atoms with Crippen molar-refractivity contribution in [1.82, 2.24) is 4.98 Å². The van der Waals surface area contributed by atoms with Crippen molar-refractivity contribution in [3.63, 3.8) is 0 Å². The Kier molecular flexibility index (Phi) is 3.38. The molecule has 0 saturated carbocycles. The molecule has 4 N–H and O–H groups in total. The van der Waals surface area contributed by atoms with Crippen LogP contribution in [0.15, 0.2) is 0 Å². The van der Waals surface area contributed by atoms with Gasteiger partial charge >= 0.3 is 11.9 Å². The van der Waals surface area contributed by atoms with E-state index in [-0.39, 0.29) is 12.1 Å². The van der Waals surface area contributed by atoms with Crippen molar-refractivity contribution in [2.24, 2.45) is 5.73 Å². The summed E-state index contributed by atoms with van der Waals surface area (Å²) in [4.78, 5) is 25.4. The number of hydrogen-bond acceptors (Lipinski definition) is 5. The molecule has 0 aliphatic rings. The highest BCUT2D eigenvalue weighted by molar-refractivity contribution is 7.11. The van der Waals surface area contributed by atoms with E-state index in [4.69, 9.17) is 15.9 Å². The molecule has 0 aliphatic heterocycles. The van der Waals surface area contributed by atoms with Gasteiger partial charge in [-0.1, -0.05) is 0 Å². The maximum Gasteiger partial charge on any atom is 0.355 e. The Hall–Kier alpha value is -1.47. The highest BCUT2D eigenvalue weighted by Gasteiger charge is 2.19. The van der Waals surface area contributed by atoms with Gasteiger partial charge in [0, 0.05) is 4.88 Å². The van der Waals surface area contributed by atoms with Crippen LogP contribution in [0.4, 0.5) is 0 Å². The number of hydrogen-bond donors (Lipinski definition) is 3. The summed E-state index contributed by atoms with van der Waals surface area (Å²) in [5, 5.41) is 17.6. The molecule has 1 aromatic rings. The zero-order valence-corrected chi connectivity index (χ0v) is 8.74. The summed E-state index contributed by atoms with van der Waals surface area (Å²) >= 11 is 1.11. The van der Waals surface area contributed by atoms with Gasteiger partial charge < -0.3 is 15.9 Å². The van der Waals surface area contributed by atoms with Crippen molar-refractivity contribution in [3.05, 3.63) is 15.6 Å². The number of thiazole rings is 1. The third kappa shape index (κ3) is 2.74. The SMILES string of the molecule is Cc1sc(C(N)CC(=O)O)nc1C(=O)O. The van der Waals surface area contributed by atoms with Gasteiger partial charge in [-0.3, -0.25) is 4.79 Å². The van der Waals surface area contributed by atoms with Crippen LogP contribution in [-0.4, -0.2) is 27.1 Å². The lowest BCUT2D eigenvalue weighted by molar-refractivity contribution is -0.137. The number of aliphatic carboxylic acids is 1. The van der Waals surface area contributed by atoms with Crippen molar-refractivity contribution in [3.8, 4) is 0 Å². The molecule has 1 aromatic heterocycles. The first kappa shape index (κ1) is 11.6. The molecule has 0 amide bonds. The molecule has 1 rings (SSSR count). The van der Waals surface area contributed by atoms with Gasteiger partial charge in [0.15, 0.2) is 5.69 Å². The van der Waals surface area contributed by atoms with E-state index in [1.54, 1.807) is 6.92 Å². The second kappa shape index (κ2) is 4.37. The molecule has 15 heavy (non-hydrogen) atoms. The van der Waals surface area contributed by atoms with E-state index in [1.165, 1.54) is 0 Å². The van der Waals surface area contributed by atoms with Crippen LogP contribution in [0.3, 0.4) is 0 Å². The van der Waals surface area contributed by atoms with Gasteiger partial charge in [-0.2, -0.15) is 0 Å². The van der Waals surface area contributed by atoms with Gasteiger partial charge in [0.05, 0.1) is 12.5 Å². The standard InChI is InChI=1S/C8H10N2O4S/c1-3-6(8(13)14)10-7(15-3)4(9)2-5(11)12/h4H,2,9H2,1H3,(H,11,12)(H,13,14). The minimum absolute atomic E-state index is 0.0594. The first-order valence-corrected chi connectivity index (χ1v) is 4.91. The lowest BCUT2D eigenvalue weighted by Gasteiger charge is -2.02. The number of aromatic nitrogens is 1. The summed E-state index contributed by atoms with van der Waals surface area (Å²) in [6.07, 6.45) is -0.258. The average molecular weight is 230 g/mol. The number of carboxylic acids is 2. The minimum Gasteiger partial charge on any atom is -0.481 e. The monoisotopic (exact) mass is 230 g/mol. The van der Waals surface area contributed by atoms with Crippen LogP contribution in [-0.2, 0) is 4.79 Å². The summed E-state index contributed by atoms with van der Waals surface area (Å²) in [5.74, 6) is -2.16. The number of carbonyl (C=O) groups is 2. The highest BCUT2D eigenvalue weighted by atomic mass is 32.1. The number of nitrogens with zero attached hydrogens (tertiary/aromatic N) is 1. The largest absolute Gasteiger partial charge is 0.481 e. The molecular weight excluding hydrogens is 220 g/mol. The second-order valence-electron chi connectivity index (χ2n) is 2.97. The van der Waals surface area contributed by atoms with Gasteiger partial charge in [-0.15, -0.1) is 11.3 Å². The van der Waals surface area contributed by atoms with Crippen LogP contribution in [0.1, 0.15) is 32.8 Å². The van der Waals surface area contributed by atoms with Gasteiger partial charge in [-0.25, -0.2) is 9.78 Å². The molecule has 0 aromatic carbocycles. The predicted octanol–water partition coefficient (Wildman–Crippen LogP) is 0.624. The van der Waals surface area contributed by atoms with E-state index in [9.17, 15) is 9.59 Å². The highest BCUT2D eigenvalue weighted by Crippen LogP contribution is 2.23. The fraction of sp³-hybridized carbons (Fsp3) is 0.375. The Balaban J connectivity index is 2.91. The minimum atomic E-state index is -1.13. The molecule has 0 saturated heterocycles. The zero-order chi connectivity index (χ0) is 11.6. The number of nitrogens with two attached hydrogens (primary N) is 1. The average Bonchev–Trinajstić information content (AvgIpc) is 2.46. The number of carboxylic acid groups (broad SMARTS) is 2. The second-order valence-corrected chi connectivity index (χ2v) is 4.20. The molecule has 82 valence electrons. The van der Waals surface area contributed by atoms with E-state index in [0.29, 0.717) is 9.88 Å². The molecule has 0 spiro atoms. The summed E-state index contributed by atoms with van der Waals surface area (Å²) < 4.78 is 0. The lowest BCUT2D eigenvalue weighted by atomic mass is 10.2. The van der Waals surface area contributed by atoms with E-state index in [1.807, 2.05) is 0 Å². The van der Waals surface area contributed by atoms with Crippen LogP contribution in [0.2, 0.25) is 0 Å². The van der Waals surface area contributed by atoms with Crippen LogP contribution in [0.5, 0.6) is 0 Å². The van der Waals surface area contributed by atoms with Crippen LogP contribution >= 0.6 is 11.3 Å². The number of aryl methyl sites for hydroxylation is 1. The van der Waals surface area contributed by atoms with Gasteiger partial charge in [0.2, 0.25) is 0 Å². The molecule has 1 atom stereocenters. The maximum atomic E-state index is 10.7. The van der Waals surface area contributed by atoms with Crippen molar-refractivity contribution in [2.75, 3.05) is 0 Å². The summed E-state index contributed by atoms with van der Waals surface area (Å²) in [6, 6.07) is -0.751.